The van der Waals surface area contributed by atoms with Crippen molar-refractivity contribution in [2.45, 2.75) is 241 Å². The second-order valence-corrected chi connectivity index (χ2v) is 32.3. The molecule has 692 valence electrons. The molecule has 19 atom stereocenters. The maximum absolute atomic E-state index is 14.6. The van der Waals surface area contributed by atoms with Crippen LogP contribution < -0.4 is 97.8 Å². The highest BCUT2D eigenvalue weighted by Crippen LogP contribution is 2.24. The van der Waals surface area contributed by atoms with Gasteiger partial charge in [0.1, 0.15) is 96.7 Å². The number of hydrogen-bond donors (Lipinski definition) is 26. The van der Waals surface area contributed by atoms with Crippen molar-refractivity contribution < 1.29 is 116 Å². The van der Waals surface area contributed by atoms with Crippen LogP contribution in [0.3, 0.4) is 0 Å². The fourth-order valence-corrected chi connectivity index (χ4v) is 14.6. The quantitative estimate of drug-likeness (QED) is 0.0269. The van der Waals surface area contributed by atoms with E-state index in [0.29, 0.717) is 12.8 Å². The number of aliphatic hydroxyl groups is 2. The van der Waals surface area contributed by atoms with Gasteiger partial charge in [0.05, 0.1) is 44.3 Å². The van der Waals surface area contributed by atoms with E-state index in [4.69, 9.17) is 33.8 Å². The highest BCUT2D eigenvalue weighted by Gasteiger charge is 2.46. The number of hydrogen-bond acceptors (Lipinski definition) is 29. The molecule has 0 aliphatic carbocycles. The number of amides is 20. The number of nitrogens with zero attached hydrogens (tertiary/aromatic N) is 4. The summed E-state index contributed by atoms with van der Waals surface area (Å²) in [6, 6.07) is -26.4. The Labute approximate surface area is 735 Å². The number of H-pyrrole nitrogens is 1. The van der Waals surface area contributed by atoms with Crippen LogP contribution in [-0.4, -0.2) is 322 Å². The van der Waals surface area contributed by atoms with Gasteiger partial charge in [-0.05, 0) is 69.6 Å². The Morgan fingerprint density at radius 3 is 1.21 bits per heavy atom. The van der Waals surface area contributed by atoms with E-state index < -0.39 is 307 Å². The summed E-state index contributed by atoms with van der Waals surface area (Å²) in [7, 11) is 0. The summed E-state index contributed by atoms with van der Waals surface area (Å²) in [5.41, 5.74) is 27.9. The minimum atomic E-state index is -1.91. The number of nitrogens with two attached hydrogens (primary N) is 5. The van der Waals surface area contributed by atoms with Crippen molar-refractivity contribution in [3.05, 3.63) is 18.2 Å². The van der Waals surface area contributed by atoms with Crippen molar-refractivity contribution in [3.8, 4) is 0 Å². The fraction of sp³-hybridized carbons (Fsp3) is 0.671. The standard InChI is InChI=1S/C73H117N23O24S4/c1-8-33(6)55(69(116)86-42(26-121)57(78)104)92-58(105)37(15-16-49(75)99)81-64(111)47-13-10-18-95(47)72(119)39(22-50(76)100)83-59(106)38(20-35-24-79-30-80-35)82-67(114)54(32(4)5)91-70(117)56(34(7)98)93-63(110)45(29-124)89-68(115)53(31(2)3)90-66(113)48-14-11-19-96(48)73(120)40(23-51(77)101)84-60(107)41(25-97)85-61(108)43(27-122)87-62(109)44(28-123)88-65(112)46-12-9-17-94(46)71(118)36(74)21-52(102)103/h24,30-34,36-48,53-56,97-98,121-124H,8-23,25-29,74H2,1-7H3,(H2,75,99)(H2,76,100)(H2,77,101)(H2,78,104)(H,79,80)(H,81,111)(H,82,114)(H,83,106)(H,84,107)(H,85,108)(H,86,116)(H,87,109)(H,88,112)(H,89,115)(H,90,113)(H,91,117)(H,92,105)(H,93,110)(H,102,103)/t33-,34+,36-,37-,38-,39-,40-,41-,42-,43-,44-,45-,46-,47-,48-,53-,54-,55-,56-/m0/s1. The molecular formula is C73H117N23O24S4. The molecule has 1 aromatic heterocycles. The largest absolute Gasteiger partial charge is 0.481 e. The second kappa shape index (κ2) is 51.0. The topological polar surface area (TPSA) is 744 Å². The van der Waals surface area contributed by atoms with Crippen LogP contribution in [0, 0.1) is 17.8 Å². The molecule has 0 saturated carbocycles. The molecule has 3 saturated heterocycles. The lowest BCUT2D eigenvalue weighted by atomic mass is 9.97. The predicted octanol–water partition coefficient (Wildman–Crippen LogP) is -11.0. The number of carboxylic acids is 1. The van der Waals surface area contributed by atoms with Gasteiger partial charge in [0.25, 0.3) is 0 Å². The first kappa shape index (κ1) is 106. The van der Waals surface area contributed by atoms with E-state index in [1.165, 1.54) is 40.2 Å². The molecule has 20 amide bonds. The molecule has 3 aliphatic heterocycles. The number of carbonyl (C=O) groups is 21. The smallest absolute Gasteiger partial charge is 0.305 e. The van der Waals surface area contributed by atoms with Crippen molar-refractivity contribution in [3.63, 3.8) is 0 Å². The first-order valence-electron chi connectivity index (χ1n) is 40.0. The molecule has 0 aromatic carbocycles. The van der Waals surface area contributed by atoms with Gasteiger partial charge in [-0.3, -0.25) is 101 Å². The number of aliphatic hydroxyl groups excluding tert-OH is 2. The Kier molecular flexibility index (Phi) is 43.4. The van der Waals surface area contributed by atoms with Crippen molar-refractivity contribution >= 4 is 175 Å². The van der Waals surface area contributed by atoms with E-state index in [1.807, 2.05) is 0 Å². The van der Waals surface area contributed by atoms with E-state index >= 15 is 0 Å². The van der Waals surface area contributed by atoms with E-state index in [1.54, 1.807) is 13.8 Å². The lowest BCUT2D eigenvalue weighted by Crippen LogP contribution is -2.63. The number of nitrogens with one attached hydrogen (secondary N) is 14. The van der Waals surface area contributed by atoms with Crippen molar-refractivity contribution in [1.82, 2.24) is 93.8 Å². The van der Waals surface area contributed by atoms with Gasteiger partial charge in [-0.1, -0.05) is 48.0 Å². The van der Waals surface area contributed by atoms with Crippen molar-refractivity contribution in [2.75, 3.05) is 49.3 Å². The third-order valence-electron chi connectivity index (χ3n) is 20.6. The molecule has 47 nitrogen and oxygen atoms in total. The number of aliphatic carboxylic acids is 1. The summed E-state index contributed by atoms with van der Waals surface area (Å²) in [5, 5.41) is 62.0. The summed E-state index contributed by atoms with van der Waals surface area (Å²) >= 11 is 16.6. The Bertz CT molecular complexity index is 4020. The summed E-state index contributed by atoms with van der Waals surface area (Å²) < 4.78 is 0. The Balaban J connectivity index is 1.46. The van der Waals surface area contributed by atoms with Gasteiger partial charge in [0.15, 0.2) is 0 Å². The van der Waals surface area contributed by atoms with E-state index in [0.717, 1.165) is 21.6 Å². The van der Waals surface area contributed by atoms with Crippen LogP contribution in [0.2, 0.25) is 0 Å². The number of likely N-dealkylation sites (tertiary alicyclic amines) is 3. The van der Waals surface area contributed by atoms with Gasteiger partial charge >= 0.3 is 5.97 Å². The molecule has 0 unspecified atom stereocenters. The number of rotatable bonds is 51. The molecular weight excluding hydrogens is 1710 g/mol. The molecule has 3 aliphatic rings. The number of carbonyl (C=O) groups excluding carboxylic acids is 20. The molecule has 4 rings (SSSR count). The fourth-order valence-electron chi connectivity index (χ4n) is 13.6. The van der Waals surface area contributed by atoms with E-state index in [9.17, 15) is 111 Å². The lowest BCUT2D eigenvalue weighted by Gasteiger charge is -2.31. The maximum atomic E-state index is 14.6. The summed E-state index contributed by atoms with van der Waals surface area (Å²) in [5.74, 6) is -25.2. The minimum Gasteiger partial charge on any atom is -0.481 e. The van der Waals surface area contributed by atoms with Crippen LogP contribution >= 0.6 is 50.5 Å². The van der Waals surface area contributed by atoms with Crippen molar-refractivity contribution in [2.24, 2.45) is 46.4 Å². The molecule has 51 heteroatoms. The van der Waals surface area contributed by atoms with Crippen LogP contribution in [-0.2, 0) is 107 Å². The van der Waals surface area contributed by atoms with E-state index in [-0.39, 0.29) is 68.9 Å². The first-order chi connectivity index (χ1) is 58.3. The zero-order chi connectivity index (χ0) is 93.4. The van der Waals surface area contributed by atoms with Gasteiger partial charge in [0, 0.05) is 67.4 Å². The number of thiol groups is 4. The van der Waals surface area contributed by atoms with Crippen LogP contribution in [0.4, 0.5) is 0 Å². The Morgan fingerprint density at radius 2 is 0.798 bits per heavy atom. The molecule has 0 spiro atoms. The highest BCUT2D eigenvalue weighted by atomic mass is 32.1. The van der Waals surface area contributed by atoms with Crippen LogP contribution in [0.15, 0.2) is 12.5 Å². The van der Waals surface area contributed by atoms with Gasteiger partial charge in [-0.2, -0.15) is 50.5 Å². The Morgan fingerprint density at radius 1 is 0.444 bits per heavy atom. The number of primary amides is 4. The minimum absolute atomic E-state index is 0.0313. The first-order valence-corrected chi connectivity index (χ1v) is 42.5. The zero-order valence-corrected chi connectivity index (χ0v) is 73.1. The third kappa shape index (κ3) is 31.5. The number of carboxylic acid groups (broad SMARTS) is 1. The van der Waals surface area contributed by atoms with Gasteiger partial charge in [0.2, 0.25) is 118 Å². The third-order valence-corrected chi connectivity index (χ3v) is 22.1. The van der Waals surface area contributed by atoms with Gasteiger partial charge < -0.3 is 133 Å². The zero-order valence-electron chi connectivity index (χ0n) is 69.5. The summed E-state index contributed by atoms with van der Waals surface area (Å²) in [6.07, 6.45) is -1.86. The van der Waals surface area contributed by atoms with Crippen LogP contribution in [0.25, 0.3) is 0 Å². The summed E-state index contributed by atoms with van der Waals surface area (Å²) in [6.45, 7) is 9.03. The van der Waals surface area contributed by atoms with Crippen LogP contribution in [0.1, 0.15) is 131 Å². The molecule has 1 aromatic rings. The molecule has 124 heavy (non-hydrogen) atoms. The van der Waals surface area contributed by atoms with E-state index in [2.05, 4.69) is 130 Å². The second-order valence-electron chi connectivity index (χ2n) is 30.8. The van der Waals surface area contributed by atoms with Gasteiger partial charge in [-0.15, -0.1) is 0 Å². The average Bonchev–Trinajstić information content (AvgIpc) is 1.74. The van der Waals surface area contributed by atoms with Crippen molar-refractivity contribution in [1.29, 1.82) is 0 Å². The monoisotopic (exact) mass is 1830 g/mol. The number of imidazole rings is 1. The molecule has 4 heterocycles. The molecule has 27 N–H and O–H groups in total. The molecule has 0 radical (unpaired) electrons. The van der Waals surface area contributed by atoms with Crippen LogP contribution in [0.5, 0.6) is 0 Å². The highest BCUT2D eigenvalue weighted by molar-refractivity contribution is 7.80. The molecule has 3 fully saturated rings. The predicted molar refractivity (Wildman–Crippen MR) is 450 cm³/mol. The average molecular weight is 1830 g/mol. The summed E-state index contributed by atoms with van der Waals surface area (Å²) in [4.78, 5) is 294. The normalized spacial score (nSPS) is 18.8. The lowest BCUT2D eigenvalue weighted by molar-refractivity contribution is -0.144. The Hall–Kier alpha value is -10.6. The SMILES string of the molecule is CC[C@H](C)[C@H](NC(=O)[C@H](CCC(N)=O)NC(=O)[C@@H]1CCCN1C(=O)[C@H](CC(N)=O)NC(=O)[C@H](Cc1cnc[nH]1)NC(=O)[C@@H](NC(=O)[C@@H](NC(=O)[C@H](CS)NC(=O)[C@@H](NC(=O)[C@@H]1CCCN1C(=O)[C@H](CC(N)=O)NC(=O)[C@H](CO)NC(=O)[C@H](CS)NC(=O)[C@H](CS)NC(=O)[C@@H]1CCCN1C(=O)[C@@H](N)CC(=O)O)C(C)C)[C@@H](C)O)C(C)C)C(=O)N[C@@H](CS)C(N)=O. The maximum Gasteiger partial charge on any atom is 0.305 e. The van der Waals surface area contributed by atoms with Gasteiger partial charge in [-0.25, -0.2) is 4.98 Å². The number of aromatic amines is 1. The number of aromatic nitrogens is 2. The molecule has 0 bridgehead atoms.